The van der Waals surface area contributed by atoms with E-state index in [-0.39, 0.29) is 18.8 Å². The summed E-state index contributed by atoms with van der Waals surface area (Å²) in [6.45, 7) is 0.201. The predicted molar refractivity (Wildman–Crippen MR) is 149 cm³/mol. The molecule has 0 amide bonds. The molecular formula is C33H32O7. The summed E-state index contributed by atoms with van der Waals surface area (Å²) in [7, 11) is 0. The number of esters is 1. The fourth-order valence-corrected chi connectivity index (χ4v) is 4.85. The van der Waals surface area contributed by atoms with Crippen molar-refractivity contribution in [2.45, 2.75) is 49.8 Å². The first-order chi connectivity index (χ1) is 19.5. The van der Waals surface area contributed by atoms with Crippen molar-refractivity contribution in [3.8, 4) is 11.1 Å². The third kappa shape index (κ3) is 6.47. The molecule has 0 aromatic heterocycles. The molecule has 0 spiro atoms. The highest BCUT2D eigenvalue weighted by Crippen LogP contribution is 2.30. The molecule has 0 unspecified atom stereocenters. The van der Waals surface area contributed by atoms with Gasteiger partial charge in [-0.3, -0.25) is 0 Å². The van der Waals surface area contributed by atoms with Gasteiger partial charge in [0.1, 0.15) is 30.5 Å². The molecule has 7 nitrogen and oxygen atoms in total. The van der Waals surface area contributed by atoms with Gasteiger partial charge in [0, 0.05) is 0 Å². The van der Waals surface area contributed by atoms with Crippen LogP contribution in [-0.2, 0) is 27.4 Å². The average molecular weight is 541 g/mol. The van der Waals surface area contributed by atoms with Gasteiger partial charge >= 0.3 is 5.97 Å². The molecule has 1 saturated carbocycles. The number of rotatable bonds is 9. The summed E-state index contributed by atoms with van der Waals surface area (Å²) < 4.78 is 17.6. The van der Waals surface area contributed by atoms with Crippen molar-refractivity contribution in [3.05, 3.63) is 132 Å². The molecule has 3 N–H and O–H groups in total. The van der Waals surface area contributed by atoms with Gasteiger partial charge in [0.05, 0.1) is 18.8 Å². The molecule has 206 valence electrons. The summed E-state index contributed by atoms with van der Waals surface area (Å²) in [6.07, 6.45) is -8.13. The lowest BCUT2D eigenvalue weighted by molar-refractivity contribution is -0.250. The van der Waals surface area contributed by atoms with Crippen molar-refractivity contribution in [2.24, 2.45) is 0 Å². The number of ether oxygens (including phenoxy) is 3. The molecule has 0 heterocycles. The van der Waals surface area contributed by atoms with Gasteiger partial charge in [-0.15, -0.1) is 0 Å². The van der Waals surface area contributed by atoms with Crippen molar-refractivity contribution in [3.63, 3.8) is 0 Å². The van der Waals surface area contributed by atoms with Gasteiger partial charge in [0.25, 0.3) is 0 Å². The Labute approximate surface area is 233 Å². The highest BCUT2D eigenvalue weighted by Gasteiger charge is 2.52. The minimum Gasteiger partial charge on any atom is -0.453 e. The summed E-state index contributed by atoms with van der Waals surface area (Å²) in [5.74, 6) is -0.708. The fraction of sp³-hybridized carbons (Fsp3) is 0.242. The Bertz CT molecular complexity index is 1350. The van der Waals surface area contributed by atoms with Crippen molar-refractivity contribution in [1.29, 1.82) is 0 Å². The van der Waals surface area contributed by atoms with Crippen molar-refractivity contribution in [2.75, 3.05) is 0 Å². The van der Waals surface area contributed by atoms with Crippen LogP contribution in [0.15, 0.2) is 115 Å². The lowest BCUT2D eigenvalue weighted by Gasteiger charge is -2.44. The zero-order valence-electron chi connectivity index (χ0n) is 21.8. The Balaban J connectivity index is 1.34. The third-order valence-corrected chi connectivity index (χ3v) is 7.06. The van der Waals surface area contributed by atoms with Gasteiger partial charge in [-0.2, -0.15) is 0 Å². The molecule has 5 rings (SSSR count). The standard InChI is InChI=1S/C33H32O7/c34-27-28(35)32(40-33(37)26-18-16-25(17-19-26)24-14-8-3-9-15-24)31(39-21-23-12-6-2-7-13-23)29(36)30(27)38-20-22-10-4-1-5-11-22/h1-19,27-32,34-36H,20-21H2/t27-,28+,29-,30+,31+,32+/m0/s1. The number of carbonyl (C=O) groups excluding carboxylic acids is 1. The molecule has 0 aliphatic heterocycles. The number of carbonyl (C=O) groups is 1. The molecule has 0 radical (unpaired) electrons. The van der Waals surface area contributed by atoms with Gasteiger partial charge < -0.3 is 29.5 Å². The van der Waals surface area contributed by atoms with Gasteiger partial charge in [-0.25, -0.2) is 4.79 Å². The number of aliphatic hydroxyl groups excluding tert-OH is 3. The van der Waals surface area contributed by atoms with Crippen LogP contribution in [0.2, 0.25) is 0 Å². The van der Waals surface area contributed by atoms with E-state index in [2.05, 4.69) is 0 Å². The number of benzene rings is 4. The molecule has 1 fully saturated rings. The maximum absolute atomic E-state index is 13.1. The minimum absolute atomic E-state index is 0.0939. The zero-order valence-corrected chi connectivity index (χ0v) is 21.8. The van der Waals surface area contributed by atoms with Crippen LogP contribution in [0.1, 0.15) is 21.5 Å². The van der Waals surface area contributed by atoms with Crippen LogP contribution in [0, 0.1) is 0 Å². The van der Waals surface area contributed by atoms with Crippen LogP contribution < -0.4 is 0 Å². The summed E-state index contributed by atoms with van der Waals surface area (Å²) >= 11 is 0. The lowest BCUT2D eigenvalue weighted by Crippen LogP contribution is -2.65. The van der Waals surface area contributed by atoms with E-state index >= 15 is 0 Å². The quantitative estimate of drug-likeness (QED) is 0.274. The van der Waals surface area contributed by atoms with Crippen LogP contribution >= 0.6 is 0 Å². The van der Waals surface area contributed by atoms with Gasteiger partial charge in [0.15, 0.2) is 6.10 Å². The number of aliphatic hydroxyl groups is 3. The van der Waals surface area contributed by atoms with Crippen LogP contribution in [-0.4, -0.2) is 57.9 Å². The van der Waals surface area contributed by atoms with E-state index in [1.54, 1.807) is 12.1 Å². The smallest absolute Gasteiger partial charge is 0.338 e. The van der Waals surface area contributed by atoms with Gasteiger partial charge in [-0.1, -0.05) is 103 Å². The molecule has 4 aromatic rings. The highest BCUT2D eigenvalue weighted by molar-refractivity contribution is 5.90. The SMILES string of the molecule is O=C(O[C@@H]1[C@H](O)[C@H](O)[C@@H](OCc2ccccc2)[C@H](O)[C@H]1OCc1ccccc1)c1ccc(-c2ccccc2)cc1. The Morgan fingerprint density at radius 2 is 0.975 bits per heavy atom. The van der Waals surface area contributed by atoms with Crippen LogP contribution in [0.5, 0.6) is 0 Å². The molecule has 1 aliphatic rings. The maximum Gasteiger partial charge on any atom is 0.338 e. The Morgan fingerprint density at radius 3 is 1.52 bits per heavy atom. The van der Waals surface area contributed by atoms with E-state index < -0.39 is 42.6 Å². The van der Waals surface area contributed by atoms with Crippen molar-refractivity contribution < 1.29 is 34.3 Å². The summed E-state index contributed by atoms with van der Waals surface area (Å²) in [5.41, 5.74) is 3.87. The van der Waals surface area contributed by atoms with Crippen LogP contribution in [0.4, 0.5) is 0 Å². The highest BCUT2D eigenvalue weighted by atomic mass is 16.6. The Kier molecular flexibility index (Phi) is 9.01. The van der Waals surface area contributed by atoms with Gasteiger partial charge in [0.2, 0.25) is 0 Å². The van der Waals surface area contributed by atoms with E-state index in [0.717, 1.165) is 22.3 Å². The molecule has 0 bridgehead atoms. The second kappa shape index (κ2) is 13.0. The van der Waals surface area contributed by atoms with E-state index in [1.807, 2.05) is 103 Å². The number of hydrogen-bond donors (Lipinski definition) is 3. The summed E-state index contributed by atoms with van der Waals surface area (Å²) in [5, 5.41) is 33.3. The second-order valence-electron chi connectivity index (χ2n) is 9.81. The average Bonchev–Trinajstić information content (AvgIpc) is 3.01. The van der Waals surface area contributed by atoms with E-state index in [9.17, 15) is 20.1 Å². The molecule has 7 heteroatoms. The van der Waals surface area contributed by atoms with Gasteiger partial charge in [-0.05, 0) is 34.4 Å². The maximum atomic E-state index is 13.1. The molecule has 0 saturated heterocycles. The summed E-state index contributed by atoms with van der Waals surface area (Å²) in [6, 6.07) is 35.2. The first kappa shape index (κ1) is 27.7. The fourth-order valence-electron chi connectivity index (χ4n) is 4.85. The number of hydrogen-bond acceptors (Lipinski definition) is 7. The predicted octanol–water partition coefficient (Wildman–Crippen LogP) is 4.15. The van der Waals surface area contributed by atoms with Crippen LogP contribution in [0.25, 0.3) is 11.1 Å². The molecule has 4 aromatic carbocycles. The molecule has 1 aliphatic carbocycles. The lowest BCUT2D eigenvalue weighted by atomic mass is 9.84. The molecule has 6 atom stereocenters. The molecule has 40 heavy (non-hydrogen) atoms. The topological polar surface area (TPSA) is 105 Å². The van der Waals surface area contributed by atoms with Crippen molar-refractivity contribution >= 4 is 5.97 Å². The monoisotopic (exact) mass is 540 g/mol. The normalized spacial score (nSPS) is 24.4. The van der Waals surface area contributed by atoms with Crippen LogP contribution in [0.3, 0.4) is 0 Å². The Hall–Kier alpha value is -3.85. The second-order valence-corrected chi connectivity index (χ2v) is 9.81. The van der Waals surface area contributed by atoms with E-state index in [4.69, 9.17) is 14.2 Å². The van der Waals surface area contributed by atoms with E-state index in [0.29, 0.717) is 0 Å². The minimum atomic E-state index is -1.56. The zero-order chi connectivity index (χ0) is 27.9. The van der Waals surface area contributed by atoms with Crippen molar-refractivity contribution in [1.82, 2.24) is 0 Å². The first-order valence-electron chi connectivity index (χ1n) is 13.2. The third-order valence-electron chi connectivity index (χ3n) is 7.06. The van der Waals surface area contributed by atoms with E-state index in [1.165, 1.54) is 0 Å². The molecular weight excluding hydrogens is 508 g/mol. The largest absolute Gasteiger partial charge is 0.453 e. The first-order valence-corrected chi connectivity index (χ1v) is 13.2. The Morgan fingerprint density at radius 1 is 0.525 bits per heavy atom. The summed E-state index contributed by atoms with van der Waals surface area (Å²) in [4.78, 5) is 13.1.